The van der Waals surface area contributed by atoms with Crippen molar-refractivity contribution in [1.82, 2.24) is 9.88 Å². The van der Waals surface area contributed by atoms with Gasteiger partial charge in [-0.3, -0.25) is 9.78 Å². The van der Waals surface area contributed by atoms with Gasteiger partial charge in [0.1, 0.15) is 6.54 Å². The topological polar surface area (TPSA) is 57.0 Å². The monoisotopic (exact) mass is 201 g/mol. The standard InChI is InChI=1S/C11H11N3O/c12-5-7-14(10-3-4-10)11(15)9-2-1-6-13-8-9/h1-2,6,8,10H,3-4,7H2. The van der Waals surface area contributed by atoms with Crippen molar-refractivity contribution in [2.45, 2.75) is 18.9 Å². The van der Waals surface area contributed by atoms with Crippen LogP contribution in [0.3, 0.4) is 0 Å². The first-order valence-corrected chi connectivity index (χ1v) is 4.91. The Morgan fingerprint density at radius 2 is 2.47 bits per heavy atom. The van der Waals surface area contributed by atoms with Gasteiger partial charge in [-0.2, -0.15) is 5.26 Å². The third-order valence-corrected chi connectivity index (χ3v) is 2.40. The number of nitrogens with zero attached hydrogens (tertiary/aromatic N) is 3. The van der Waals surface area contributed by atoms with Gasteiger partial charge in [0, 0.05) is 18.4 Å². The fourth-order valence-corrected chi connectivity index (χ4v) is 1.48. The summed E-state index contributed by atoms with van der Waals surface area (Å²) in [7, 11) is 0. The van der Waals surface area contributed by atoms with Crippen molar-refractivity contribution < 1.29 is 4.79 Å². The molecule has 1 aliphatic rings. The fourth-order valence-electron chi connectivity index (χ4n) is 1.48. The van der Waals surface area contributed by atoms with Gasteiger partial charge in [-0.05, 0) is 25.0 Å². The van der Waals surface area contributed by atoms with Crippen molar-refractivity contribution in [3.63, 3.8) is 0 Å². The smallest absolute Gasteiger partial charge is 0.256 e. The van der Waals surface area contributed by atoms with Crippen molar-refractivity contribution in [3.05, 3.63) is 30.1 Å². The molecule has 1 heterocycles. The number of aromatic nitrogens is 1. The fraction of sp³-hybridized carbons (Fsp3) is 0.364. The Morgan fingerprint density at radius 1 is 1.67 bits per heavy atom. The van der Waals surface area contributed by atoms with Crippen LogP contribution >= 0.6 is 0 Å². The molecule has 2 rings (SSSR count). The van der Waals surface area contributed by atoms with Crippen LogP contribution in [-0.2, 0) is 0 Å². The van der Waals surface area contributed by atoms with Gasteiger partial charge in [-0.15, -0.1) is 0 Å². The van der Waals surface area contributed by atoms with E-state index in [1.165, 1.54) is 6.20 Å². The number of pyridine rings is 1. The molecule has 1 amide bonds. The molecular formula is C11H11N3O. The van der Waals surface area contributed by atoms with Gasteiger partial charge in [-0.25, -0.2) is 0 Å². The van der Waals surface area contributed by atoms with Crippen LogP contribution in [0.5, 0.6) is 0 Å². The molecule has 1 aromatic rings. The molecule has 0 radical (unpaired) electrons. The van der Waals surface area contributed by atoms with E-state index in [0.29, 0.717) is 5.56 Å². The van der Waals surface area contributed by atoms with Crippen molar-refractivity contribution in [2.24, 2.45) is 0 Å². The van der Waals surface area contributed by atoms with Gasteiger partial charge in [-0.1, -0.05) is 0 Å². The van der Waals surface area contributed by atoms with Crippen molar-refractivity contribution in [3.8, 4) is 6.07 Å². The summed E-state index contributed by atoms with van der Waals surface area (Å²) in [5, 5.41) is 8.65. The van der Waals surface area contributed by atoms with Crippen LogP contribution in [0.4, 0.5) is 0 Å². The van der Waals surface area contributed by atoms with Crippen molar-refractivity contribution in [1.29, 1.82) is 5.26 Å². The summed E-state index contributed by atoms with van der Waals surface area (Å²) >= 11 is 0. The molecule has 0 atom stereocenters. The Kier molecular flexibility index (Phi) is 2.64. The lowest BCUT2D eigenvalue weighted by atomic mass is 10.2. The summed E-state index contributed by atoms with van der Waals surface area (Å²) in [6.07, 6.45) is 5.18. The van der Waals surface area contributed by atoms with Crippen LogP contribution in [0.15, 0.2) is 24.5 Å². The number of carbonyl (C=O) groups is 1. The zero-order valence-corrected chi connectivity index (χ0v) is 8.26. The highest BCUT2D eigenvalue weighted by Crippen LogP contribution is 2.27. The highest BCUT2D eigenvalue weighted by atomic mass is 16.2. The van der Waals surface area contributed by atoms with Crippen LogP contribution in [0.25, 0.3) is 0 Å². The zero-order valence-electron chi connectivity index (χ0n) is 8.26. The molecule has 0 aliphatic heterocycles. The number of nitriles is 1. The summed E-state index contributed by atoms with van der Waals surface area (Å²) in [6.45, 7) is 0.165. The molecule has 1 aromatic heterocycles. The van der Waals surface area contributed by atoms with E-state index in [0.717, 1.165) is 12.8 Å². The quantitative estimate of drug-likeness (QED) is 0.690. The molecule has 4 nitrogen and oxygen atoms in total. The maximum absolute atomic E-state index is 12.0. The minimum atomic E-state index is -0.0906. The first-order chi connectivity index (χ1) is 7.33. The number of hydrogen-bond acceptors (Lipinski definition) is 3. The molecule has 0 bridgehead atoms. The Morgan fingerprint density at radius 3 is 3.00 bits per heavy atom. The maximum atomic E-state index is 12.0. The van der Waals surface area contributed by atoms with E-state index in [1.807, 2.05) is 6.07 Å². The first kappa shape index (κ1) is 9.66. The first-order valence-electron chi connectivity index (χ1n) is 4.91. The summed E-state index contributed by atoms with van der Waals surface area (Å²) in [5.41, 5.74) is 0.555. The zero-order chi connectivity index (χ0) is 10.7. The lowest BCUT2D eigenvalue weighted by molar-refractivity contribution is 0.0764. The second-order valence-corrected chi connectivity index (χ2v) is 3.56. The second kappa shape index (κ2) is 4.09. The number of rotatable bonds is 3. The van der Waals surface area contributed by atoms with Crippen LogP contribution in [0.2, 0.25) is 0 Å². The third kappa shape index (κ3) is 2.13. The number of carbonyl (C=O) groups excluding carboxylic acids is 1. The van der Waals surface area contributed by atoms with E-state index < -0.39 is 0 Å². The molecule has 4 heteroatoms. The van der Waals surface area contributed by atoms with Gasteiger partial charge < -0.3 is 4.90 Å². The molecule has 0 saturated heterocycles. The van der Waals surface area contributed by atoms with Crippen LogP contribution in [0.1, 0.15) is 23.2 Å². The Hall–Kier alpha value is -1.89. The van der Waals surface area contributed by atoms with E-state index in [9.17, 15) is 4.79 Å². The normalized spacial score (nSPS) is 14.3. The highest BCUT2D eigenvalue weighted by Gasteiger charge is 2.32. The molecule has 0 spiro atoms. The lowest BCUT2D eigenvalue weighted by Crippen LogP contribution is -2.33. The average Bonchev–Trinajstić information content (AvgIpc) is 3.10. The minimum Gasteiger partial charge on any atom is -0.322 e. The van der Waals surface area contributed by atoms with E-state index in [1.54, 1.807) is 23.2 Å². The third-order valence-electron chi connectivity index (χ3n) is 2.40. The summed E-state index contributed by atoms with van der Waals surface area (Å²) < 4.78 is 0. The predicted octanol–water partition coefficient (Wildman–Crippen LogP) is 1.21. The van der Waals surface area contributed by atoms with Crippen molar-refractivity contribution in [2.75, 3.05) is 6.54 Å². The van der Waals surface area contributed by atoms with E-state index >= 15 is 0 Å². The maximum Gasteiger partial charge on any atom is 0.256 e. The molecule has 0 N–H and O–H groups in total. The summed E-state index contributed by atoms with van der Waals surface area (Å²) in [4.78, 5) is 17.5. The number of hydrogen-bond donors (Lipinski definition) is 0. The molecule has 15 heavy (non-hydrogen) atoms. The lowest BCUT2D eigenvalue weighted by Gasteiger charge is -2.18. The van der Waals surface area contributed by atoms with Gasteiger partial charge in [0.15, 0.2) is 0 Å². The van der Waals surface area contributed by atoms with E-state index in [2.05, 4.69) is 4.98 Å². The van der Waals surface area contributed by atoms with Gasteiger partial charge in [0.05, 0.1) is 11.6 Å². The SMILES string of the molecule is N#CCN(C(=O)c1cccnc1)C1CC1. The van der Waals surface area contributed by atoms with Crippen LogP contribution in [-0.4, -0.2) is 28.4 Å². The Bertz CT molecular complexity index is 392. The Balaban J connectivity index is 2.15. The Labute approximate surface area is 88.1 Å². The minimum absolute atomic E-state index is 0.0906. The molecule has 0 unspecified atom stereocenters. The van der Waals surface area contributed by atoms with Crippen molar-refractivity contribution >= 4 is 5.91 Å². The predicted molar refractivity (Wildman–Crippen MR) is 53.9 cm³/mol. The average molecular weight is 201 g/mol. The van der Waals surface area contributed by atoms with Crippen LogP contribution in [0, 0.1) is 11.3 Å². The molecule has 76 valence electrons. The molecule has 1 fully saturated rings. The molecule has 1 aliphatic carbocycles. The highest BCUT2D eigenvalue weighted by molar-refractivity contribution is 5.94. The second-order valence-electron chi connectivity index (χ2n) is 3.56. The van der Waals surface area contributed by atoms with Crippen LogP contribution < -0.4 is 0 Å². The molecule has 0 aromatic carbocycles. The van der Waals surface area contributed by atoms with E-state index in [4.69, 9.17) is 5.26 Å². The summed E-state index contributed by atoms with van der Waals surface area (Å²) in [5.74, 6) is -0.0906. The number of amides is 1. The van der Waals surface area contributed by atoms with E-state index in [-0.39, 0.29) is 18.5 Å². The largest absolute Gasteiger partial charge is 0.322 e. The molecular weight excluding hydrogens is 190 g/mol. The van der Waals surface area contributed by atoms with Gasteiger partial charge in [0.2, 0.25) is 0 Å². The summed E-state index contributed by atoms with van der Waals surface area (Å²) in [6, 6.07) is 5.74. The molecule has 1 saturated carbocycles. The van der Waals surface area contributed by atoms with Gasteiger partial charge >= 0.3 is 0 Å². The van der Waals surface area contributed by atoms with Gasteiger partial charge in [0.25, 0.3) is 5.91 Å².